The first kappa shape index (κ1) is 38.8. The molecule has 0 amide bonds. The number of aliphatic hydroxyl groups is 1. The average Bonchev–Trinajstić information content (AvgIpc) is 3.54. The van der Waals surface area contributed by atoms with E-state index in [0.717, 1.165) is 53.3 Å². The molecular formula is C38H42ClF3N4O6. The molecule has 2 aromatic carbocycles. The zero-order chi connectivity index (χ0) is 37.4. The van der Waals surface area contributed by atoms with E-state index in [9.17, 15) is 23.1 Å². The Balaban J connectivity index is 1.41. The third-order valence-electron chi connectivity index (χ3n) is 9.15. The van der Waals surface area contributed by atoms with Crippen molar-refractivity contribution in [3.63, 3.8) is 0 Å². The molecule has 0 unspecified atom stereocenters. The molecule has 0 fully saturated rings. The molecule has 278 valence electrons. The Labute approximate surface area is 305 Å². The summed E-state index contributed by atoms with van der Waals surface area (Å²) in [6, 6.07) is 15.9. The predicted octanol–water partition coefficient (Wildman–Crippen LogP) is 7.24. The first-order chi connectivity index (χ1) is 25.0. The van der Waals surface area contributed by atoms with Crippen LogP contribution in [0.2, 0.25) is 5.02 Å². The van der Waals surface area contributed by atoms with Gasteiger partial charge in [0, 0.05) is 42.0 Å². The average molecular weight is 743 g/mol. The lowest BCUT2D eigenvalue weighted by Gasteiger charge is -2.21. The van der Waals surface area contributed by atoms with Gasteiger partial charge in [-0.15, -0.1) is 0 Å². The van der Waals surface area contributed by atoms with Crippen LogP contribution in [-0.4, -0.2) is 60.1 Å². The molecular weight excluding hydrogens is 701 g/mol. The highest BCUT2D eigenvalue weighted by Crippen LogP contribution is 2.46. The molecule has 10 nitrogen and oxygen atoms in total. The van der Waals surface area contributed by atoms with Crippen molar-refractivity contribution in [1.29, 1.82) is 0 Å². The van der Waals surface area contributed by atoms with E-state index in [0.29, 0.717) is 47.5 Å². The Morgan fingerprint density at radius 3 is 2.35 bits per heavy atom. The van der Waals surface area contributed by atoms with Crippen LogP contribution in [0, 0.1) is 5.92 Å². The number of carboxylic acids is 1. The molecule has 1 aliphatic rings. The number of carbonyl (C=O) groups is 1. The van der Waals surface area contributed by atoms with E-state index >= 15 is 0 Å². The van der Waals surface area contributed by atoms with E-state index in [1.807, 2.05) is 48.5 Å². The first-order valence-electron chi connectivity index (χ1n) is 17.0. The molecule has 1 aliphatic carbocycles. The van der Waals surface area contributed by atoms with Crippen LogP contribution in [0.4, 0.5) is 13.2 Å². The molecule has 4 aromatic rings. The van der Waals surface area contributed by atoms with Crippen molar-refractivity contribution < 1.29 is 42.4 Å². The van der Waals surface area contributed by atoms with Crippen molar-refractivity contribution in [1.82, 2.24) is 20.6 Å². The number of aromatic nitrogens is 2. The highest BCUT2D eigenvalue weighted by Gasteiger charge is 2.38. The minimum absolute atomic E-state index is 0.0461. The number of nitrogens with zero attached hydrogens (tertiary/aromatic N) is 2. The van der Waals surface area contributed by atoms with Crippen LogP contribution in [0.25, 0.3) is 22.4 Å². The number of hydrogen-bond donors (Lipinski definition) is 4. The second-order valence-electron chi connectivity index (χ2n) is 12.5. The molecule has 0 saturated heterocycles. The number of alkyl halides is 3. The number of aliphatic carboxylic acids is 1. The highest BCUT2D eigenvalue weighted by atomic mass is 35.5. The van der Waals surface area contributed by atoms with Crippen molar-refractivity contribution in [3.05, 3.63) is 87.4 Å². The zero-order valence-corrected chi connectivity index (χ0v) is 29.9. The predicted molar refractivity (Wildman–Crippen MR) is 191 cm³/mol. The number of ether oxygens (including phenoxy) is 3. The summed E-state index contributed by atoms with van der Waals surface area (Å²) in [6.07, 6.45) is -2.89. The van der Waals surface area contributed by atoms with Gasteiger partial charge in [0.1, 0.15) is 11.7 Å². The van der Waals surface area contributed by atoms with E-state index in [4.69, 9.17) is 35.9 Å². The molecule has 0 saturated carbocycles. The third kappa shape index (κ3) is 8.95. The first-order valence-corrected chi connectivity index (χ1v) is 17.4. The van der Waals surface area contributed by atoms with E-state index in [1.54, 1.807) is 7.11 Å². The molecule has 52 heavy (non-hydrogen) atoms. The summed E-state index contributed by atoms with van der Waals surface area (Å²) in [6.45, 7) is 2.92. The Morgan fingerprint density at radius 2 is 1.65 bits per heavy atom. The number of rotatable bonds is 17. The van der Waals surface area contributed by atoms with Gasteiger partial charge in [-0.2, -0.15) is 18.2 Å². The molecule has 0 bridgehead atoms. The van der Waals surface area contributed by atoms with Crippen LogP contribution in [0.5, 0.6) is 17.6 Å². The van der Waals surface area contributed by atoms with Gasteiger partial charge in [0.05, 0.1) is 31.5 Å². The summed E-state index contributed by atoms with van der Waals surface area (Å²) in [5.74, 6) is -1.04. The molecule has 2 aromatic heterocycles. The lowest BCUT2D eigenvalue weighted by Crippen LogP contribution is -2.23. The van der Waals surface area contributed by atoms with Gasteiger partial charge in [-0.3, -0.25) is 4.79 Å². The zero-order valence-electron chi connectivity index (χ0n) is 29.1. The van der Waals surface area contributed by atoms with Crippen molar-refractivity contribution in [2.45, 2.75) is 58.0 Å². The number of fused-ring (bicyclic) bond motifs is 1. The van der Waals surface area contributed by atoms with Crippen LogP contribution in [0.3, 0.4) is 0 Å². The van der Waals surface area contributed by atoms with E-state index in [-0.39, 0.29) is 24.6 Å². The number of benzene rings is 2. The molecule has 4 N–H and O–H groups in total. The number of aliphatic hydroxyl groups excluding tert-OH is 1. The van der Waals surface area contributed by atoms with Crippen LogP contribution in [-0.2, 0) is 30.5 Å². The molecule has 0 radical (unpaired) electrons. The Morgan fingerprint density at radius 1 is 0.962 bits per heavy atom. The molecule has 14 heteroatoms. The SMILES string of the molecule is CC[C@H](CCO)CNCc1ccc(-c2cccc(-c3cccc4c3CC[C@@H]4Oc3nc(OC)c(CNCC(=O)O)cc3C(F)(F)F)c2Cl)nc1OC. The highest BCUT2D eigenvalue weighted by molar-refractivity contribution is 6.36. The maximum Gasteiger partial charge on any atom is 0.421 e. The van der Waals surface area contributed by atoms with Gasteiger partial charge in [0.2, 0.25) is 17.6 Å². The number of halogens is 4. The summed E-state index contributed by atoms with van der Waals surface area (Å²) in [7, 11) is 2.84. The fraction of sp³-hybridized carbons (Fsp3) is 0.395. The summed E-state index contributed by atoms with van der Waals surface area (Å²) in [5, 5.41) is 24.7. The van der Waals surface area contributed by atoms with Crippen LogP contribution in [0.1, 0.15) is 60.1 Å². The van der Waals surface area contributed by atoms with Gasteiger partial charge in [-0.05, 0) is 60.5 Å². The molecule has 2 heterocycles. The lowest BCUT2D eigenvalue weighted by molar-refractivity contribution is -0.140. The largest absolute Gasteiger partial charge is 0.481 e. The second-order valence-corrected chi connectivity index (χ2v) is 12.9. The molecule has 2 atom stereocenters. The van der Waals surface area contributed by atoms with E-state index < -0.39 is 36.2 Å². The van der Waals surface area contributed by atoms with Gasteiger partial charge in [-0.25, -0.2) is 4.98 Å². The fourth-order valence-corrected chi connectivity index (χ4v) is 6.79. The number of hydrogen-bond acceptors (Lipinski definition) is 9. The van der Waals surface area contributed by atoms with Crippen LogP contribution in [0.15, 0.2) is 54.6 Å². The smallest absolute Gasteiger partial charge is 0.421 e. The minimum Gasteiger partial charge on any atom is -0.481 e. The second kappa shape index (κ2) is 17.4. The quantitative estimate of drug-likeness (QED) is 0.0877. The van der Waals surface area contributed by atoms with E-state index in [1.165, 1.54) is 7.11 Å². The van der Waals surface area contributed by atoms with Gasteiger partial charge in [0.25, 0.3) is 0 Å². The lowest BCUT2D eigenvalue weighted by atomic mass is 9.94. The van der Waals surface area contributed by atoms with Crippen LogP contribution >= 0.6 is 11.6 Å². The Bertz CT molecular complexity index is 1880. The minimum atomic E-state index is -4.79. The van der Waals surface area contributed by atoms with Gasteiger partial charge < -0.3 is 35.1 Å². The monoisotopic (exact) mass is 742 g/mol. The topological polar surface area (TPSA) is 135 Å². The summed E-state index contributed by atoms with van der Waals surface area (Å²) < 4.78 is 59.7. The standard InChI is InChI=1S/C38H42ClF3N4O6/c1-4-22(15-16-47)18-43-19-23-11-13-31(45-35(23)50-2)29-10-6-9-28(34(29)39)25-7-5-8-27-26(25)12-14-32(27)52-37-30(38(40,41)42)17-24(36(46-37)51-3)20-44-21-33(48)49/h5-11,13,17,22,32,43-44,47H,4,12,14-16,18-21H2,1-3H3,(H,48,49)/t22-,32+/m1/s1. The number of nitrogens with one attached hydrogen (secondary N) is 2. The fourth-order valence-electron chi connectivity index (χ4n) is 6.46. The Kier molecular flexibility index (Phi) is 13.0. The maximum atomic E-state index is 14.3. The summed E-state index contributed by atoms with van der Waals surface area (Å²) in [5.41, 5.74) is 4.36. The normalized spacial score (nSPS) is 14.6. The van der Waals surface area contributed by atoms with Crippen LogP contribution < -0.4 is 24.8 Å². The van der Waals surface area contributed by atoms with Crippen molar-refractivity contribution in [2.24, 2.45) is 5.92 Å². The van der Waals surface area contributed by atoms with Crippen molar-refractivity contribution in [2.75, 3.05) is 33.9 Å². The number of pyridine rings is 2. The van der Waals surface area contributed by atoms with Crippen molar-refractivity contribution in [3.8, 4) is 40.0 Å². The van der Waals surface area contributed by atoms with Gasteiger partial charge in [0.15, 0.2) is 0 Å². The summed E-state index contributed by atoms with van der Waals surface area (Å²) >= 11 is 7.09. The molecule has 5 rings (SSSR count). The molecule has 0 aliphatic heterocycles. The Hall–Kier alpha value is -4.43. The van der Waals surface area contributed by atoms with Crippen molar-refractivity contribution >= 4 is 17.6 Å². The van der Waals surface area contributed by atoms with E-state index in [2.05, 4.69) is 22.5 Å². The van der Waals surface area contributed by atoms with Gasteiger partial charge >= 0.3 is 12.1 Å². The maximum absolute atomic E-state index is 14.3. The number of carboxylic acid groups (broad SMARTS) is 1. The summed E-state index contributed by atoms with van der Waals surface area (Å²) in [4.78, 5) is 19.8. The molecule has 0 spiro atoms. The number of methoxy groups -OCH3 is 2. The third-order valence-corrected chi connectivity index (χ3v) is 9.55. The van der Waals surface area contributed by atoms with Gasteiger partial charge in [-0.1, -0.05) is 67.4 Å².